The van der Waals surface area contributed by atoms with Gasteiger partial charge in [0.2, 0.25) is 0 Å². The van der Waals surface area contributed by atoms with Crippen LogP contribution < -0.4 is 5.32 Å². The van der Waals surface area contributed by atoms with Gasteiger partial charge in [-0.15, -0.1) is 0 Å². The van der Waals surface area contributed by atoms with Crippen molar-refractivity contribution in [3.05, 3.63) is 69.5 Å². The van der Waals surface area contributed by atoms with Gasteiger partial charge < -0.3 is 5.32 Å². The average molecular weight is 298 g/mol. The van der Waals surface area contributed by atoms with E-state index in [-0.39, 0.29) is 11.9 Å². The predicted octanol–water partition coefficient (Wildman–Crippen LogP) is 4.64. The van der Waals surface area contributed by atoms with Crippen LogP contribution in [-0.4, -0.2) is 7.05 Å². The normalized spacial score (nSPS) is 12.4. The van der Waals surface area contributed by atoms with E-state index in [2.05, 4.69) is 5.32 Å². The maximum atomic E-state index is 13.8. The van der Waals surface area contributed by atoms with Crippen molar-refractivity contribution in [3.8, 4) is 0 Å². The zero-order valence-electron chi connectivity index (χ0n) is 10.5. The standard InChI is InChI=1S/C15H14Cl2FN/c1-19-15(12-4-2-3-5-13(12)17)8-10-6-7-11(16)9-14(10)18/h2-7,9,15,19H,8H2,1H3. The quantitative estimate of drug-likeness (QED) is 0.867. The Kier molecular flexibility index (Phi) is 4.81. The summed E-state index contributed by atoms with van der Waals surface area (Å²) < 4.78 is 13.8. The van der Waals surface area contributed by atoms with E-state index in [0.717, 1.165) is 5.56 Å². The fraction of sp³-hybridized carbons (Fsp3) is 0.200. The summed E-state index contributed by atoms with van der Waals surface area (Å²) in [5, 5.41) is 4.25. The van der Waals surface area contributed by atoms with Crippen molar-refractivity contribution < 1.29 is 4.39 Å². The Morgan fingerprint density at radius 2 is 1.89 bits per heavy atom. The fourth-order valence-electron chi connectivity index (χ4n) is 2.03. The Morgan fingerprint density at radius 3 is 2.53 bits per heavy atom. The molecular weight excluding hydrogens is 284 g/mol. The van der Waals surface area contributed by atoms with E-state index in [9.17, 15) is 4.39 Å². The third-order valence-corrected chi connectivity index (χ3v) is 3.65. The molecule has 1 nitrogen and oxygen atoms in total. The maximum absolute atomic E-state index is 13.8. The van der Waals surface area contributed by atoms with Crippen molar-refractivity contribution >= 4 is 23.2 Å². The highest BCUT2D eigenvalue weighted by Crippen LogP contribution is 2.26. The van der Waals surface area contributed by atoms with Gasteiger partial charge in [-0.3, -0.25) is 0 Å². The molecule has 1 unspecified atom stereocenters. The third-order valence-electron chi connectivity index (χ3n) is 3.07. The van der Waals surface area contributed by atoms with Crippen LogP contribution in [0.25, 0.3) is 0 Å². The molecule has 0 spiro atoms. The first-order valence-electron chi connectivity index (χ1n) is 5.97. The molecule has 0 radical (unpaired) electrons. The summed E-state index contributed by atoms with van der Waals surface area (Å²) in [6, 6.07) is 12.3. The fourth-order valence-corrected chi connectivity index (χ4v) is 2.46. The Morgan fingerprint density at radius 1 is 1.16 bits per heavy atom. The molecule has 1 atom stereocenters. The van der Waals surface area contributed by atoms with Crippen LogP contribution in [0, 0.1) is 5.82 Å². The summed E-state index contributed by atoms with van der Waals surface area (Å²) in [6.07, 6.45) is 0.517. The third kappa shape index (κ3) is 3.47. The van der Waals surface area contributed by atoms with Crippen LogP contribution >= 0.6 is 23.2 Å². The lowest BCUT2D eigenvalue weighted by Crippen LogP contribution is -2.19. The van der Waals surface area contributed by atoms with Crippen LogP contribution in [-0.2, 0) is 6.42 Å². The number of halogens is 3. The van der Waals surface area contributed by atoms with Gasteiger partial charge in [-0.1, -0.05) is 47.5 Å². The van der Waals surface area contributed by atoms with Gasteiger partial charge in [0.1, 0.15) is 5.82 Å². The molecule has 0 aromatic heterocycles. The highest BCUT2D eigenvalue weighted by Gasteiger charge is 2.15. The molecule has 0 aliphatic carbocycles. The molecule has 1 N–H and O–H groups in total. The molecule has 0 saturated heterocycles. The molecule has 2 aromatic carbocycles. The number of rotatable bonds is 4. The summed E-state index contributed by atoms with van der Waals surface area (Å²) in [5.74, 6) is -0.292. The van der Waals surface area contributed by atoms with Crippen LogP contribution in [0.15, 0.2) is 42.5 Å². The molecule has 0 saturated carbocycles. The van der Waals surface area contributed by atoms with Crippen molar-refractivity contribution in [2.75, 3.05) is 7.05 Å². The first kappa shape index (κ1) is 14.3. The van der Waals surface area contributed by atoms with Crippen LogP contribution in [0.3, 0.4) is 0 Å². The molecule has 0 aliphatic rings. The lowest BCUT2D eigenvalue weighted by molar-refractivity contribution is 0.554. The van der Waals surface area contributed by atoms with Gasteiger partial charge in [0.25, 0.3) is 0 Å². The Hall–Kier alpha value is -1.09. The SMILES string of the molecule is CNC(Cc1ccc(Cl)cc1F)c1ccccc1Cl. The number of benzene rings is 2. The van der Waals surface area contributed by atoms with E-state index in [4.69, 9.17) is 23.2 Å². The van der Waals surface area contributed by atoms with Crippen molar-refractivity contribution in [1.82, 2.24) is 5.32 Å². The molecule has 0 bridgehead atoms. The van der Waals surface area contributed by atoms with Gasteiger partial charge in [0, 0.05) is 16.1 Å². The molecule has 0 fully saturated rings. The second-order valence-electron chi connectivity index (χ2n) is 4.30. The lowest BCUT2D eigenvalue weighted by Gasteiger charge is -2.18. The minimum atomic E-state index is -0.292. The van der Waals surface area contributed by atoms with Gasteiger partial charge in [-0.05, 0) is 42.8 Å². The Labute approximate surface area is 122 Å². The van der Waals surface area contributed by atoms with E-state index in [1.165, 1.54) is 6.07 Å². The van der Waals surface area contributed by atoms with Crippen molar-refractivity contribution in [1.29, 1.82) is 0 Å². The van der Waals surface area contributed by atoms with E-state index < -0.39 is 0 Å². The molecule has 0 amide bonds. The average Bonchev–Trinajstić information content (AvgIpc) is 2.39. The maximum Gasteiger partial charge on any atom is 0.127 e. The molecule has 0 aliphatic heterocycles. The van der Waals surface area contributed by atoms with Gasteiger partial charge in [-0.2, -0.15) is 0 Å². The predicted molar refractivity (Wildman–Crippen MR) is 78.4 cm³/mol. The Balaban J connectivity index is 2.27. The smallest absolute Gasteiger partial charge is 0.127 e. The zero-order chi connectivity index (χ0) is 13.8. The van der Waals surface area contributed by atoms with E-state index in [1.54, 1.807) is 12.1 Å². The second kappa shape index (κ2) is 6.38. The number of hydrogen-bond donors (Lipinski definition) is 1. The van der Waals surface area contributed by atoms with E-state index in [0.29, 0.717) is 22.0 Å². The first-order chi connectivity index (χ1) is 9.11. The van der Waals surface area contributed by atoms with Crippen LogP contribution in [0.5, 0.6) is 0 Å². The molecule has 2 aromatic rings. The molecule has 100 valence electrons. The highest BCUT2D eigenvalue weighted by atomic mass is 35.5. The van der Waals surface area contributed by atoms with Crippen molar-refractivity contribution in [2.24, 2.45) is 0 Å². The minimum Gasteiger partial charge on any atom is -0.313 e. The lowest BCUT2D eigenvalue weighted by atomic mass is 9.98. The van der Waals surface area contributed by atoms with Crippen molar-refractivity contribution in [3.63, 3.8) is 0 Å². The van der Waals surface area contributed by atoms with Crippen LogP contribution in [0.4, 0.5) is 4.39 Å². The monoisotopic (exact) mass is 297 g/mol. The molecule has 0 heterocycles. The van der Waals surface area contributed by atoms with Crippen LogP contribution in [0.1, 0.15) is 17.2 Å². The zero-order valence-corrected chi connectivity index (χ0v) is 12.0. The van der Waals surface area contributed by atoms with Gasteiger partial charge in [0.05, 0.1) is 0 Å². The summed E-state index contributed by atoms with van der Waals surface area (Å²) in [5.41, 5.74) is 1.57. The molecule has 4 heteroatoms. The summed E-state index contributed by atoms with van der Waals surface area (Å²) in [6.45, 7) is 0. The van der Waals surface area contributed by atoms with Crippen molar-refractivity contribution in [2.45, 2.75) is 12.5 Å². The number of nitrogens with one attached hydrogen (secondary N) is 1. The van der Waals surface area contributed by atoms with E-state index in [1.807, 2.05) is 31.3 Å². The molecule has 2 rings (SSSR count). The number of likely N-dealkylation sites (N-methyl/N-ethyl adjacent to an activating group) is 1. The Bertz CT molecular complexity index is 572. The molecular formula is C15H14Cl2FN. The summed E-state index contributed by atoms with van der Waals surface area (Å²) in [4.78, 5) is 0. The van der Waals surface area contributed by atoms with Crippen LogP contribution in [0.2, 0.25) is 10.0 Å². The highest BCUT2D eigenvalue weighted by molar-refractivity contribution is 6.31. The largest absolute Gasteiger partial charge is 0.313 e. The summed E-state index contributed by atoms with van der Waals surface area (Å²) >= 11 is 11.9. The van der Waals surface area contributed by atoms with Gasteiger partial charge in [0.15, 0.2) is 0 Å². The number of hydrogen-bond acceptors (Lipinski definition) is 1. The minimum absolute atomic E-state index is 0.0376. The topological polar surface area (TPSA) is 12.0 Å². The van der Waals surface area contributed by atoms with Gasteiger partial charge in [-0.25, -0.2) is 4.39 Å². The van der Waals surface area contributed by atoms with Gasteiger partial charge >= 0.3 is 0 Å². The second-order valence-corrected chi connectivity index (χ2v) is 5.15. The molecule has 19 heavy (non-hydrogen) atoms. The first-order valence-corrected chi connectivity index (χ1v) is 6.73. The van der Waals surface area contributed by atoms with E-state index >= 15 is 0 Å². The summed E-state index contributed by atoms with van der Waals surface area (Å²) in [7, 11) is 1.84.